The minimum Gasteiger partial charge on any atom is -0.308 e. The van der Waals surface area contributed by atoms with Gasteiger partial charge in [-0.05, 0) is 46.6 Å². The smallest absolute Gasteiger partial charge is 0.308 e. The molecule has 0 aromatic heterocycles. The van der Waals surface area contributed by atoms with Crippen LogP contribution in [0.5, 0.6) is 0 Å². The van der Waals surface area contributed by atoms with Crippen molar-refractivity contribution in [2.24, 2.45) is 5.92 Å². The molecule has 8 heteroatoms. The van der Waals surface area contributed by atoms with Crippen LogP contribution in [-0.4, -0.2) is 31.6 Å². The van der Waals surface area contributed by atoms with E-state index in [2.05, 4.69) is 0 Å². The van der Waals surface area contributed by atoms with E-state index in [0.717, 1.165) is 0 Å². The first kappa shape index (κ1) is 21.8. The quantitative estimate of drug-likeness (QED) is 0.475. The summed E-state index contributed by atoms with van der Waals surface area (Å²) in [6, 6.07) is 0. The van der Waals surface area contributed by atoms with Gasteiger partial charge in [0.15, 0.2) is 0 Å². The molecule has 0 aliphatic heterocycles. The van der Waals surface area contributed by atoms with Crippen molar-refractivity contribution in [3.8, 4) is 0 Å². The van der Waals surface area contributed by atoms with E-state index in [0.29, 0.717) is 18.5 Å². The average molecular weight is 380 g/mol. The number of hydrogen-bond donors (Lipinski definition) is 0. The van der Waals surface area contributed by atoms with E-state index in [4.69, 9.17) is 18.1 Å². The first-order valence-electron chi connectivity index (χ1n) is 8.42. The number of hydrogen-bond acceptors (Lipinski definition) is 6. The summed E-state index contributed by atoms with van der Waals surface area (Å²) in [5.74, 6) is -0.226. The Hall–Kier alpha value is -0.220. The molecule has 0 amide bonds. The topological polar surface area (TPSA) is 71.1 Å². The van der Waals surface area contributed by atoms with Crippen molar-refractivity contribution in [3.05, 3.63) is 23.5 Å². The first-order valence-corrected chi connectivity index (χ1v) is 11.5. The maximum atomic E-state index is 13.3. The van der Waals surface area contributed by atoms with Crippen LogP contribution < -0.4 is 0 Å². The average Bonchev–Trinajstić information content (AvgIpc) is 2.51. The van der Waals surface area contributed by atoms with Crippen LogP contribution in [0.15, 0.2) is 23.5 Å². The van der Waals surface area contributed by atoms with Gasteiger partial charge in [0.25, 0.3) is 0 Å². The Morgan fingerprint density at radius 3 is 1.79 bits per heavy atom. The van der Waals surface area contributed by atoms with Gasteiger partial charge in [0.2, 0.25) is 0 Å². The molecule has 1 aliphatic rings. The first-order chi connectivity index (χ1) is 11.2. The Bertz CT molecular complexity index is 551. The Morgan fingerprint density at radius 2 is 1.42 bits per heavy atom. The van der Waals surface area contributed by atoms with E-state index in [1.165, 1.54) is 0 Å². The van der Waals surface area contributed by atoms with E-state index in [1.54, 1.807) is 45.9 Å². The van der Waals surface area contributed by atoms with E-state index in [1.807, 2.05) is 13.8 Å². The van der Waals surface area contributed by atoms with Gasteiger partial charge in [-0.3, -0.25) is 9.13 Å². The van der Waals surface area contributed by atoms with Gasteiger partial charge in [0.1, 0.15) is 0 Å². The van der Waals surface area contributed by atoms with Crippen LogP contribution in [0.25, 0.3) is 0 Å². The molecule has 1 aliphatic carbocycles. The second-order valence-electron chi connectivity index (χ2n) is 5.61. The Labute approximate surface area is 145 Å². The van der Waals surface area contributed by atoms with Gasteiger partial charge in [0.05, 0.1) is 36.9 Å². The molecular formula is C16H30O6P2. The van der Waals surface area contributed by atoms with E-state index < -0.39 is 20.3 Å². The van der Waals surface area contributed by atoms with Crippen LogP contribution in [0.3, 0.4) is 0 Å². The highest BCUT2D eigenvalue weighted by molar-refractivity contribution is 7.59. The van der Waals surface area contributed by atoms with Crippen LogP contribution in [-0.2, 0) is 27.2 Å². The molecule has 2 atom stereocenters. The van der Waals surface area contributed by atoms with Crippen LogP contribution in [0.2, 0.25) is 0 Å². The van der Waals surface area contributed by atoms with Gasteiger partial charge in [0, 0.05) is 0 Å². The van der Waals surface area contributed by atoms with Crippen molar-refractivity contribution in [1.29, 1.82) is 0 Å². The molecule has 0 saturated heterocycles. The highest BCUT2D eigenvalue weighted by atomic mass is 31.2. The van der Waals surface area contributed by atoms with Crippen LogP contribution >= 0.6 is 15.2 Å². The van der Waals surface area contributed by atoms with Gasteiger partial charge in [-0.15, -0.1) is 0 Å². The third-order valence-electron chi connectivity index (χ3n) is 4.04. The summed E-state index contributed by atoms with van der Waals surface area (Å²) in [6.07, 6.45) is 5.21. The second kappa shape index (κ2) is 8.93. The largest absolute Gasteiger partial charge is 0.360 e. The third-order valence-corrected chi connectivity index (χ3v) is 9.10. The van der Waals surface area contributed by atoms with Crippen molar-refractivity contribution in [1.82, 2.24) is 0 Å². The molecule has 6 nitrogen and oxygen atoms in total. The third kappa shape index (κ3) is 4.30. The predicted molar refractivity (Wildman–Crippen MR) is 96.5 cm³/mol. The van der Waals surface area contributed by atoms with Gasteiger partial charge in [-0.2, -0.15) is 0 Å². The molecule has 0 spiro atoms. The number of rotatable bonds is 10. The summed E-state index contributed by atoms with van der Waals surface area (Å²) in [5.41, 5.74) is 0. The molecule has 24 heavy (non-hydrogen) atoms. The molecule has 2 unspecified atom stereocenters. The van der Waals surface area contributed by atoms with Crippen LogP contribution in [0.1, 0.15) is 41.5 Å². The lowest BCUT2D eigenvalue weighted by molar-refractivity contribution is 0.198. The standard InChI is InChI=1S/C16H30O6P2/c1-7-19-23(17,20-8-2)15-11-12-16(6,14(5)13-15)24(18,21-9-3)22-10-4/h11-14H,7-10H2,1-6H3. The predicted octanol–water partition coefficient (Wildman–Crippen LogP) is 5.37. The molecule has 0 fully saturated rings. The highest BCUT2D eigenvalue weighted by Gasteiger charge is 2.50. The van der Waals surface area contributed by atoms with Gasteiger partial charge in [-0.1, -0.05) is 19.1 Å². The Kier molecular flexibility index (Phi) is 8.12. The maximum absolute atomic E-state index is 13.3. The fraction of sp³-hybridized carbons (Fsp3) is 0.750. The van der Waals surface area contributed by atoms with Crippen molar-refractivity contribution in [3.63, 3.8) is 0 Å². The van der Waals surface area contributed by atoms with Crippen LogP contribution in [0.4, 0.5) is 0 Å². The summed E-state index contributed by atoms with van der Waals surface area (Å²) >= 11 is 0. The van der Waals surface area contributed by atoms with Gasteiger partial charge < -0.3 is 18.1 Å². The van der Waals surface area contributed by atoms with Gasteiger partial charge >= 0.3 is 15.2 Å². The molecule has 0 bridgehead atoms. The van der Waals surface area contributed by atoms with Crippen molar-refractivity contribution < 1.29 is 27.2 Å². The van der Waals surface area contributed by atoms with E-state index in [-0.39, 0.29) is 19.1 Å². The molecule has 140 valence electrons. The molecule has 0 N–H and O–H groups in total. The van der Waals surface area contributed by atoms with Crippen LogP contribution in [0, 0.1) is 5.92 Å². The van der Waals surface area contributed by atoms with Crippen molar-refractivity contribution >= 4 is 15.2 Å². The summed E-state index contributed by atoms with van der Waals surface area (Å²) in [6.45, 7) is 12.0. The summed E-state index contributed by atoms with van der Waals surface area (Å²) in [4.78, 5) is 0. The lowest BCUT2D eigenvalue weighted by Crippen LogP contribution is -2.33. The summed E-state index contributed by atoms with van der Waals surface area (Å²) < 4.78 is 48.0. The van der Waals surface area contributed by atoms with Crippen molar-refractivity contribution in [2.75, 3.05) is 26.4 Å². The van der Waals surface area contributed by atoms with E-state index >= 15 is 0 Å². The zero-order valence-corrected chi connectivity index (χ0v) is 17.3. The molecule has 0 aromatic rings. The zero-order chi connectivity index (χ0) is 18.4. The Morgan fingerprint density at radius 1 is 0.958 bits per heavy atom. The normalized spacial score (nSPS) is 24.9. The molecule has 0 aromatic carbocycles. The zero-order valence-electron chi connectivity index (χ0n) is 15.5. The summed E-state index contributed by atoms with van der Waals surface area (Å²) in [7, 11) is -6.74. The maximum Gasteiger partial charge on any atom is 0.360 e. The molecule has 0 saturated carbocycles. The van der Waals surface area contributed by atoms with Gasteiger partial charge in [-0.25, -0.2) is 0 Å². The minimum atomic E-state index is -3.38. The molecule has 0 heterocycles. The fourth-order valence-electron chi connectivity index (χ4n) is 2.59. The minimum absolute atomic E-state index is 0.226. The number of allylic oxidation sites excluding steroid dienone is 4. The Balaban J connectivity index is 3.22. The fourth-order valence-corrected chi connectivity index (χ4v) is 6.45. The lowest BCUT2D eigenvalue weighted by atomic mass is 9.91. The summed E-state index contributed by atoms with van der Waals surface area (Å²) in [5, 5.41) is -0.359. The molecule has 1 rings (SSSR count). The lowest BCUT2D eigenvalue weighted by Gasteiger charge is -2.39. The monoisotopic (exact) mass is 380 g/mol. The molecule has 0 radical (unpaired) electrons. The highest BCUT2D eigenvalue weighted by Crippen LogP contribution is 2.67. The second-order valence-corrected chi connectivity index (χ2v) is 10.1. The van der Waals surface area contributed by atoms with Crippen molar-refractivity contribution in [2.45, 2.75) is 46.7 Å². The SMILES string of the molecule is CCOP(=O)(OCC)C1=CC(C)C(C)(P(=O)(OCC)OCC)C=C1. The molecular weight excluding hydrogens is 350 g/mol. The van der Waals surface area contributed by atoms with E-state index in [9.17, 15) is 9.13 Å².